The molecule has 2 heterocycles. The van der Waals surface area contributed by atoms with Gasteiger partial charge in [-0.25, -0.2) is 0 Å². The highest BCUT2D eigenvalue weighted by atomic mass is 16.3. The van der Waals surface area contributed by atoms with Crippen LogP contribution in [0.25, 0.3) is 11.0 Å². The van der Waals surface area contributed by atoms with Crippen LogP contribution in [0.2, 0.25) is 0 Å². The molecule has 130 valence electrons. The zero-order chi connectivity index (χ0) is 17.4. The molecular formula is C19H21N3O3. The fourth-order valence-corrected chi connectivity index (χ4v) is 3.66. The lowest BCUT2D eigenvalue weighted by Crippen LogP contribution is -2.39. The quantitative estimate of drug-likeness (QED) is 0.765. The minimum atomic E-state index is -0.546. The first-order valence-electron chi connectivity index (χ1n) is 8.55. The highest BCUT2D eigenvalue weighted by Gasteiger charge is 2.34. The van der Waals surface area contributed by atoms with Crippen LogP contribution in [0.1, 0.15) is 29.0 Å². The van der Waals surface area contributed by atoms with Gasteiger partial charge in [-0.3, -0.25) is 9.48 Å². The van der Waals surface area contributed by atoms with Gasteiger partial charge in [-0.1, -0.05) is 18.2 Å². The van der Waals surface area contributed by atoms with Crippen molar-refractivity contribution in [2.45, 2.75) is 38.5 Å². The molecule has 25 heavy (non-hydrogen) atoms. The number of rotatable bonds is 4. The van der Waals surface area contributed by atoms with E-state index >= 15 is 0 Å². The number of carbonyl (C=O) groups is 1. The van der Waals surface area contributed by atoms with Crippen molar-refractivity contribution in [1.82, 2.24) is 15.1 Å². The maximum absolute atomic E-state index is 12.5. The molecule has 1 unspecified atom stereocenters. The summed E-state index contributed by atoms with van der Waals surface area (Å²) in [6.07, 6.45) is 4.50. The van der Waals surface area contributed by atoms with Gasteiger partial charge in [-0.05, 0) is 43.4 Å². The highest BCUT2D eigenvalue weighted by molar-refractivity contribution is 5.96. The van der Waals surface area contributed by atoms with Crippen molar-refractivity contribution in [1.29, 1.82) is 0 Å². The number of hydrogen-bond acceptors (Lipinski definition) is 4. The molecule has 6 heteroatoms. The Morgan fingerprint density at radius 2 is 2.28 bits per heavy atom. The van der Waals surface area contributed by atoms with Gasteiger partial charge in [0.05, 0.1) is 12.1 Å². The van der Waals surface area contributed by atoms with E-state index in [-0.39, 0.29) is 23.6 Å². The van der Waals surface area contributed by atoms with E-state index in [0.717, 1.165) is 29.5 Å². The number of nitrogens with one attached hydrogen (secondary N) is 1. The number of fused-ring (bicyclic) bond motifs is 1. The third-order valence-electron chi connectivity index (χ3n) is 4.91. The molecule has 0 bridgehead atoms. The van der Waals surface area contributed by atoms with Crippen LogP contribution in [0.4, 0.5) is 0 Å². The summed E-state index contributed by atoms with van der Waals surface area (Å²) in [5.74, 6) is 0.296. The molecule has 1 aromatic carbocycles. The number of aliphatic hydroxyl groups is 1. The average molecular weight is 339 g/mol. The monoisotopic (exact) mass is 339 g/mol. The van der Waals surface area contributed by atoms with Gasteiger partial charge in [0.1, 0.15) is 5.58 Å². The summed E-state index contributed by atoms with van der Waals surface area (Å²) < 4.78 is 7.58. The second-order valence-corrected chi connectivity index (χ2v) is 6.82. The number of nitrogens with zero attached hydrogens (tertiary/aromatic N) is 2. The minimum Gasteiger partial charge on any atom is -0.451 e. The van der Waals surface area contributed by atoms with Gasteiger partial charge in [0.2, 0.25) is 0 Å². The second kappa shape index (κ2) is 6.37. The average Bonchev–Trinajstić information content (AvgIpc) is 3.29. The van der Waals surface area contributed by atoms with E-state index < -0.39 is 6.10 Å². The number of aryl methyl sites for hydroxylation is 1. The summed E-state index contributed by atoms with van der Waals surface area (Å²) in [6, 6.07) is 9.19. The molecule has 0 aliphatic heterocycles. The molecule has 3 atom stereocenters. The van der Waals surface area contributed by atoms with Gasteiger partial charge in [0.25, 0.3) is 5.91 Å². The van der Waals surface area contributed by atoms with E-state index in [0.29, 0.717) is 6.42 Å². The smallest absolute Gasteiger partial charge is 0.287 e. The van der Waals surface area contributed by atoms with Crippen LogP contribution in [0.3, 0.4) is 0 Å². The van der Waals surface area contributed by atoms with Gasteiger partial charge in [-0.15, -0.1) is 0 Å². The number of aliphatic hydroxyl groups excluding tert-OH is 1. The summed E-state index contributed by atoms with van der Waals surface area (Å²) in [5, 5.41) is 18.3. The van der Waals surface area contributed by atoms with E-state index in [1.807, 2.05) is 42.1 Å². The number of carbonyl (C=O) groups excluding carboxylic acids is 1. The molecule has 1 saturated carbocycles. The molecule has 6 nitrogen and oxygen atoms in total. The Hall–Kier alpha value is -2.60. The number of para-hydroxylation sites is 1. The molecule has 1 aliphatic carbocycles. The maximum atomic E-state index is 12.5. The Balaban J connectivity index is 1.43. The number of aromatic nitrogens is 2. The normalized spacial score (nSPS) is 23.2. The predicted molar refractivity (Wildman–Crippen MR) is 93.2 cm³/mol. The predicted octanol–water partition coefficient (Wildman–Crippen LogP) is 2.51. The summed E-state index contributed by atoms with van der Waals surface area (Å²) in [4.78, 5) is 12.5. The van der Waals surface area contributed by atoms with Crippen molar-refractivity contribution in [3.63, 3.8) is 0 Å². The van der Waals surface area contributed by atoms with Crippen molar-refractivity contribution in [2.75, 3.05) is 0 Å². The Morgan fingerprint density at radius 3 is 3.04 bits per heavy atom. The first-order valence-corrected chi connectivity index (χ1v) is 8.55. The van der Waals surface area contributed by atoms with Crippen LogP contribution in [-0.2, 0) is 6.54 Å². The van der Waals surface area contributed by atoms with Crippen LogP contribution in [0.5, 0.6) is 0 Å². The van der Waals surface area contributed by atoms with Gasteiger partial charge < -0.3 is 14.8 Å². The lowest BCUT2D eigenvalue weighted by atomic mass is 10.1. The zero-order valence-corrected chi connectivity index (χ0v) is 14.1. The van der Waals surface area contributed by atoms with Gasteiger partial charge >= 0.3 is 0 Å². The Morgan fingerprint density at radius 1 is 1.40 bits per heavy atom. The number of hydrogen-bond donors (Lipinski definition) is 2. The van der Waals surface area contributed by atoms with Gasteiger partial charge in [0.15, 0.2) is 5.76 Å². The molecule has 0 saturated heterocycles. The molecule has 0 radical (unpaired) electrons. The molecule has 1 aliphatic rings. The standard InChI is InChI=1S/C19H21N3O3/c1-12-4-2-5-14-10-17(25-18(12)14)19(24)21-15-8-13(9-16(15)23)11-22-7-3-6-20-22/h2-7,10,13,15-16,23H,8-9,11H2,1H3,(H,21,24)/t13?,15-,16-/m1/s1. The number of benzene rings is 1. The van der Waals surface area contributed by atoms with Gasteiger partial charge in [0, 0.05) is 24.3 Å². The highest BCUT2D eigenvalue weighted by Crippen LogP contribution is 2.28. The lowest BCUT2D eigenvalue weighted by molar-refractivity contribution is 0.0848. The van der Waals surface area contributed by atoms with E-state index in [1.54, 1.807) is 12.3 Å². The Bertz CT molecular complexity index is 885. The minimum absolute atomic E-state index is 0.262. The fourth-order valence-electron chi connectivity index (χ4n) is 3.66. The van der Waals surface area contributed by atoms with Crippen molar-refractivity contribution in [2.24, 2.45) is 5.92 Å². The molecule has 2 aromatic heterocycles. The maximum Gasteiger partial charge on any atom is 0.287 e. The molecule has 1 amide bonds. The topological polar surface area (TPSA) is 80.3 Å². The summed E-state index contributed by atoms with van der Waals surface area (Å²) in [6.45, 7) is 2.70. The van der Waals surface area contributed by atoms with Crippen molar-refractivity contribution < 1.29 is 14.3 Å². The fraction of sp³-hybridized carbons (Fsp3) is 0.368. The first-order chi connectivity index (χ1) is 12.1. The van der Waals surface area contributed by atoms with E-state index in [4.69, 9.17) is 4.42 Å². The largest absolute Gasteiger partial charge is 0.451 e. The van der Waals surface area contributed by atoms with Crippen molar-refractivity contribution in [3.05, 3.63) is 54.0 Å². The molecular weight excluding hydrogens is 318 g/mol. The second-order valence-electron chi connectivity index (χ2n) is 6.82. The summed E-state index contributed by atoms with van der Waals surface area (Å²) in [5.41, 5.74) is 1.73. The Kier molecular flexibility index (Phi) is 4.05. The first kappa shape index (κ1) is 15.9. The Labute approximate surface area is 145 Å². The van der Waals surface area contributed by atoms with Crippen LogP contribution in [0.15, 0.2) is 47.1 Å². The molecule has 2 N–H and O–H groups in total. The molecule has 0 spiro atoms. The molecule has 4 rings (SSSR count). The van der Waals surface area contributed by atoms with Crippen LogP contribution in [0, 0.1) is 12.8 Å². The van der Waals surface area contributed by atoms with Crippen LogP contribution in [-0.4, -0.2) is 32.9 Å². The molecule has 1 fully saturated rings. The third-order valence-corrected chi connectivity index (χ3v) is 4.91. The van der Waals surface area contributed by atoms with E-state index in [9.17, 15) is 9.90 Å². The third kappa shape index (κ3) is 3.17. The van der Waals surface area contributed by atoms with Gasteiger partial charge in [-0.2, -0.15) is 5.10 Å². The summed E-state index contributed by atoms with van der Waals surface area (Å²) >= 11 is 0. The lowest BCUT2D eigenvalue weighted by Gasteiger charge is -2.15. The van der Waals surface area contributed by atoms with Crippen LogP contribution >= 0.6 is 0 Å². The van der Waals surface area contributed by atoms with E-state index in [1.165, 1.54) is 0 Å². The number of amides is 1. The van der Waals surface area contributed by atoms with Crippen molar-refractivity contribution in [3.8, 4) is 0 Å². The van der Waals surface area contributed by atoms with Crippen molar-refractivity contribution >= 4 is 16.9 Å². The molecule has 3 aromatic rings. The zero-order valence-electron chi connectivity index (χ0n) is 14.1. The summed E-state index contributed by atoms with van der Waals surface area (Å²) in [7, 11) is 0. The van der Waals surface area contributed by atoms with E-state index in [2.05, 4.69) is 10.4 Å². The SMILES string of the molecule is Cc1cccc2cc(C(=O)N[C@@H]3CC(Cn4cccn4)C[C@H]3O)oc12. The van der Waals surface area contributed by atoms with Crippen LogP contribution < -0.4 is 5.32 Å². The number of furan rings is 1.